The van der Waals surface area contributed by atoms with Crippen molar-refractivity contribution < 1.29 is 21.9 Å². The van der Waals surface area contributed by atoms with Crippen LogP contribution in [-0.4, -0.2) is 74.7 Å². The number of aromatic nitrogens is 1. The Kier molecular flexibility index (Phi) is 10.1. The van der Waals surface area contributed by atoms with Crippen LogP contribution in [0.15, 0.2) is 53.6 Å². The quantitative estimate of drug-likeness (QED) is 0.595. The number of pyridine rings is 1. The molecule has 0 saturated carbocycles. The van der Waals surface area contributed by atoms with Crippen LogP contribution in [0.1, 0.15) is 5.69 Å². The molecular formula is C18H26Cl2N4O5S2. The van der Waals surface area contributed by atoms with Crippen LogP contribution in [0.2, 0.25) is 0 Å². The summed E-state index contributed by atoms with van der Waals surface area (Å²) < 4.78 is 52.1. The third-order valence-corrected chi connectivity index (χ3v) is 6.94. The molecule has 0 aliphatic carbocycles. The number of β-amino-alcohol motifs (C(OH)–C–C–N with tert-alkyl or cyclic N) is 1. The first-order valence-electron chi connectivity index (χ1n) is 9.02. The normalized spacial score (nSPS) is 18.3. The van der Waals surface area contributed by atoms with Crippen molar-refractivity contribution in [2.45, 2.75) is 17.5 Å². The lowest BCUT2D eigenvalue weighted by Crippen LogP contribution is -2.37. The predicted octanol–water partition coefficient (Wildman–Crippen LogP) is 1.16. The van der Waals surface area contributed by atoms with E-state index in [1.807, 2.05) is 23.1 Å². The van der Waals surface area contributed by atoms with Crippen LogP contribution in [0.5, 0.6) is 0 Å². The van der Waals surface area contributed by atoms with Crippen molar-refractivity contribution in [3.8, 4) is 0 Å². The van der Waals surface area contributed by atoms with E-state index in [4.69, 9.17) is 0 Å². The number of hydrogen-bond donors (Lipinski definition) is 2. The number of halogens is 2. The van der Waals surface area contributed by atoms with Gasteiger partial charge in [0.2, 0.25) is 20.0 Å². The topological polar surface area (TPSA) is 120 Å². The van der Waals surface area contributed by atoms with Crippen molar-refractivity contribution in [3.05, 3.63) is 54.4 Å². The largest absolute Gasteiger partial charge is 0.390 e. The predicted molar refractivity (Wildman–Crippen MR) is 124 cm³/mol. The fourth-order valence-electron chi connectivity index (χ4n) is 3.17. The SMILES string of the molecule is CS(=O)(=O)Nc1ccc(S(=O)(=O)N2CCN(Cc3ccccn3)CC(O)C2)cc1.Cl.Cl. The molecule has 0 bridgehead atoms. The molecule has 1 fully saturated rings. The third kappa shape index (κ3) is 7.86. The summed E-state index contributed by atoms with van der Waals surface area (Å²) in [6.45, 7) is 1.55. The fourth-order valence-corrected chi connectivity index (χ4v) is 5.20. The van der Waals surface area contributed by atoms with Crippen molar-refractivity contribution in [1.82, 2.24) is 14.2 Å². The molecule has 1 unspecified atom stereocenters. The van der Waals surface area contributed by atoms with Crippen LogP contribution in [-0.2, 0) is 26.6 Å². The maximum absolute atomic E-state index is 13.0. The Morgan fingerprint density at radius 1 is 1.03 bits per heavy atom. The number of rotatable bonds is 6. The molecule has 13 heteroatoms. The van der Waals surface area contributed by atoms with E-state index >= 15 is 0 Å². The van der Waals surface area contributed by atoms with E-state index in [9.17, 15) is 21.9 Å². The van der Waals surface area contributed by atoms with Crippen molar-refractivity contribution >= 4 is 50.5 Å². The average Bonchev–Trinajstić information content (AvgIpc) is 2.83. The highest BCUT2D eigenvalue weighted by atomic mass is 35.5. The van der Waals surface area contributed by atoms with E-state index in [2.05, 4.69) is 9.71 Å². The van der Waals surface area contributed by atoms with E-state index in [-0.39, 0.29) is 48.5 Å². The molecule has 2 N–H and O–H groups in total. The molecule has 31 heavy (non-hydrogen) atoms. The van der Waals surface area contributed by atoms with Crippen LogP contribution >= 0.6 is 24.8 Å². The zero-order valence-electron chi connectivity index (χ0n) is 16.8. The molecule has 174 valence electrons. The van der Waals surface area contributed by atoms with Gasteiger partial charge in [0.05, 0.1) is 22.9 Å². The molecule has 1 aliphatic rings. The van der Waals surface area contributed by atoms with Crippen molar-refractivity contribution in [3.63, 3.8) is 0 Å². The van der Waals surface area contributed by atoms with Crippen molar-refractivity contribution in [2.75, 3.05) is 37.2 Å². The number of aliphatic hydroxyl groups excluding tert-OH is 1. The van der Waals surface area contributed by atoms with Gasteiger partial charge in [-0.25, -0.2) is 16.8 Å². The number of anilines is 1. The second kappa shape index (κ2) is 11.4. The summed E-state index contributed by atoms with van der Waals surface area (Å²) in [7, 11) is -7.26. The Balaban J connectivity index is 0.00000240. The van der Waals surface area contributed by atoms with Gasteiger partial charge in [0.25, 0.3) is 0 Å². The van der Waals surface area contributed by atoms with E-state index < -0.39 is 26.2 Å². The summed E-state index contributed by atoms with van der Waals surface area (Å²) in [6, 6.07) is 11.1. The standard InChI is InChI=1S/C18H24N4O5S2.2ClH/c1-28(24,25)20-15-5-7-18(8-6-15)29(26,27)22-11-10-21(13-17(23)14-22)12-16-4-2-3-9-19-16;;/h2-9,17,20,23H,10-14H2,1H3;2*1H. The molecule has 1 saturated heterocycles. The van der Waals surface area contributed by atoms with Gasteiger partial charge in [-0.05, 0) is 36.4 Å². The van der Waals surface area contributed by atoms with Crippen LogP contribution in [0.3, 0.4) is 0 Å². The van der Waals surface area contributed by atoms with Gasteiger partial charge in [-0.1, -0.05) is 6.07 Å². The van der Waals surface area contributed by atoms with E-state index in [0.717, 1.165) is 11.9 Å². The number of aliphatic hydroxyl groups is 1. The monoisotopic (exact) mass is 512 g/mol. The molecule has 1 aromatic carbocycles. The molecule has 1 atom stereocenters. The third-order valence-electron chi connectivity index (χ3n) is 4.46. The smallest absolute Gasteiger partial charge is 0.243 e. The Hall–Kier alpha value is -1.47. The van der Waals surface area contributed by atoms with Crippen LogP contribution < -0.4 is 4.72 Å². The van der Waals surface area contributed by atoms with Crippen LogP contribution in [0.25, 0.3) is 0 Å². The Morgan fingerprint density at radius 2 is 1.71 bits per heavy atom. The Labute approximate surface area is 195 Å². The van der Waals surface area contributed by atoms with Gasteiger partial charge in [-0.2, -0.15) is 4.31 Å². The highest BCUT2D eigenvalue weighted by Crippen LogP contribution is 2.21. The summed E-state index contributed by atoms with van der Waals surface area (Å²) in [5.41, 5.74) is 1.13. The first-order valence-corrected chi connectivity index (χ1v) is 12.3. The minimum absolute atomic E-state index is 0. The van der Waals surface area contributed by atoms with Gasteiger partial charge in [-0.15, -0.1) is 24.8 Å². The van der Waals surface area contributed by atoms with Gasteiger partial charge in [-0.3, -0.25) is 14.6 Å². The average molecular weight is 513 g/mol. The van der Waals surface area contributed by atoms with Gasteiger partial charge in [0.1, 0.15) is 0 Å². The maximum Gasteiger partial charge on any atom is 0.243 e. The Bertz CT molecular complexity index is 1040. The summed E-state index contributed by atoms with van der Waals surface area (Å²) >= 11 is 0. The molecule has 1 aliphatic heterocycles. The summed E-state index contributed by atoms with van der Waals surface area (Å²) in [6.07, 6.45) is 1.89. The Morgan fingerprint density at radius 3 is 2.29 bits per heavy atom. The maximum atomic E-state index is 13.0. The first-order chi connectivity index (χ1) is 13.6. The molecule has 3 rings (SSSR count). The summed E-state index contributed by atoms with van der Waals surface area (Å²) in [5, 5.41) is 10.3. The lowest BCUT2D eigenvalue weighted by molar-refractivity contribution is 0.119. The molecule has 1 aromatic heterocycles. The minimum atomic E-state index is -3.82. The lowest BCUT2D eigenvalue weighted by Gasteiger charge is -2.21. The van der Waals surface area contributed by atoms with Crippen molar-refractivity contribution in [1.29, 1.82) is 0 Å². The zero-order valence-corrected chi connectivity index (χ0v) is 20.1. The number of hydrogen-bond acceptors (Lipinski definition) is 7. The van der Waals surface area contributed by atoms with Gasteiger partial charge >= 0.3 is 0 Å². The lowest BCUT2D eigenvalue weighted by atomic mass is 10.3. The van der Waals surface area contributed by atoms with E-state index in [1.165, 1.54) is 28.6 Å². The first kappa shape index (κ1) is 27.6. The molecule has 0 spiro atoms. The zero-order chi connectivity index (χ0) is 21.1. The number of benzene rings is 1. The van der Waals surface area contributed by atoms with E-state index in [1.54, 1.807) is 6.20 Å². The highest BCUT2D eigenvalue weighted by molar-refractivity contribution is 7.92. The van der Waals surface area contributed by atoms with Gasteiger partial charge in [0, 0.05) is 44.6 Å². The van der Waals surface area contributed by atoms with E-state index in [0.29, 0.717) is 19.6 Å². The number of nitrogens with one attached hydrogen (secondary N) is 1. The number of sulfonamides is 2. The molecule has 0 radical (unpaired) electrons. The van der Waals surface area contributed by atoms with Gasteiger partial charge < -0.3 is 5.11 Å². The molecule has 9 nitrogen and oxygen atoms in total. The van der Waals surface area contributed by atoms with Gasteiger partial charge in [0.15, 0.2) is 0 Å². The summed E-state index contributed by atoms with van der Waals surface area (Å²) in [5.74, 6) is 0. The molecule has 2 aromatic rings. The molecule has 2 heterocycles. The van der Waals surface area contributed by atoms with Crippen molar-refractivity contribution in [2.24, 2.45) is 0 Å². The minimum Gasteiger partial charge on any atom is -0.390 e. The van der Waals surface area contributed by atoms with Crippen LogP contribution in [0.4, 0.5) is 5.69 Å². The van der Waals surface area contributed by atoms with Crippen LogP contribution in [0, 0.1) is 0 Å². The second-order valence-electron chi connectivity index (χ2n) is 6.97. The molecular weight excluding hydrogens is 487 g/mol. The fraction of sp³-hybridized carbons (Fsp3) is 0.389. The summed E-state index contributed by atoms with van der Waals surface area (Å²) in [4.78, 5) is 6.29. The molecule has 0 amide bonds. The number of nitrogens with zero attached hydrogens (tertiary/aromatic N) is 3. The second-order valence-corrected chi connectivity index (χ2v) is 10.7. The highest BCUT2D eigenvalue weighted by Gasteiger charge is 2.30.